The molecule has 0 spiro atoms. The Kier molecular flexibility index (Phi) is 5.44. The number of pyridine rings is 3. The van der Waals surface area contributed by atoms with Crippen LogP contribution in [-0.2, 0) is 12.7 Å². The molecule has 0 saturated carbocycles. The van der Waals surface area contributed by atoms with Gasteiger partial charge in [0, 0.05) is 23.2 Å². The topological polar surface area (TPSA) is 98.6 Å². The van der Waals surface area contributed by atoms with Crippen molar-refractivity contribution in [3.63, 3.8) is 0 Å². The summed E-state index contributed by atoms with van der Waals surface area (Å²) in [4.78, 5) is 25.9. The maximum Gasteiger partial charge on any atom is 0.433 e. The SMILES string of the molecule is COc1ccc(-n2c(=O)n(CC#N)c3cnc4ccc(-c5ccc(C(F)(F)F)nc5)cc4c32)c(C)n1. The van der Waals surface area contributed by atoms with E-state index in [1.54, 1.807) is 37.3 Å². The molecule has 180 valence electrons. The average molecular weight is 490 g/mol. The average Bonchev–Trinajstić information content (AvgIpc) is 3.15. The molecule has 4 aromatic heterocycles. The zero-order valence-corrected chi connectivity index (χ0v) is 19.0. The van der Waals surface area contributed by atoms with E-state index in [9.17, 15) is 23.2 Å². The van der Waals surface area contributed by atoms with E-state index in [1.165, 1.54) is 28.5 Å². The van der Waals surface area contributed by atoms with E-state index in [0.717, 1.165) is 12.3 Å². The van der Waals surface area contributed by atoms with E-state index in [4.69, 9.17) is 4.74 Å². The molecule has 0 saturated heterocycles. The predicted octanol–water partition coefficient (Wildman–Crippen LogP) is 4.66. The van der Waals surface area contributed by atoms with Crippen LogP contribution in [0.25, 0.3) is 38.8 Å². The molecule has 0 bridgehead atoms. The van der Waals surface area contributed by atoms with Gasteiger partial charge in [-0.15, -0.1) is 0 Å². The molecular formula is C25H17F3N6O2. The quantitative estimate of drug-likeness (QED) is 0.364. The number of aromatic nitrogens is 5. The fraction of sp³-hybridized carbons (Fsp3) is 0.160. The van der Waals surface area contributed by atoms with E-state index < -0.39 is 17.6 Å². The number of nitrogens with zero attached hydrogens (tertiary/aromatic N) is 6. The Morgan fingerprint density at radius 2 is 1.83 bits per heavy atom. The van der Waals surface area contributed by atoms with Crippen molar-refractivity contribution in [1.29, 1.82) is 5.26 Å². The summed E-state index contributed by atoms with van der Waals surface area (Å²) in [5.41, 5.74) is 2.15. The number of rotatable bonds is 4. The molecule has 11 heteroatoms. The number of hydrogen-bond donors (Lipinski definition) is 0. The first-order chi connectivity index (χ1) is 17.2. The first-order valence-electron chi connectivity index (χ1n) is 10.7. The predicted molar refractivity (Wildman–Crippen MR) is 126 cm³/mol. The van der Waals surface area contributed by atoms with Crippen molar-refractivity contribution < 1.29 is 17.9 Å². The van der Waals surface area contributed by atoms with E-state index in [0.29, 0.717) is 50.3 Å². The lowest BCUT2D eigenvalue weighted by molar-refractivity contribution is -0.141. The number of aryl methyl sites for hydroxylation is 1. The molecule has 1 aromatic carbocycles. The van der Waals surface area contributed by atoms with Crippen LogP contribution in [0.5, 0.6) is 5.88 Å². The summed E-state index contributed by atoms with van der Waals surface area (Å²) >= 11 is 0. The number of benzene rings is 1. The van der Waals surface area contributed by atoms with E-state index in [2.05, 4.69) is 15.0 Å². The van der Waals surface area contributed by atoms with Crippen molar-refractivity contribution in [1.82, 2.24) is 24.1 Å². The second-order valence-electron chi connectivity index (χ2n) is 7.97. The first kappa shape index (κ1) is 23.0. The van der Waals surface area contributed by atoms with Gasteiger partial charge in [0.05, 0.1) is 47.3 Å². The van der Waals surface area contributed by atoms with Crippen molar-refractivity contribution in [2.75, 3.05) is 7.11 Å². The van der Waals surface area contributed by atoms with Gasteiger partial charge in [-0.1, -0.05) is 12.1 Å². The molecule has 0 amide bonds. The van der Waals surface area contributed by atoms with Gasteiger partial charge in [-0.2, -0.15) is 18.4 Å². The van der Waals surface area contributed by atoms with Gasteiger partial charge in [0.25, 0.3) is 0 Å². The van der Waals surface area contributed by atoms with Gasteiger partial charge in [-0.25, -0.2) is 9.78 Å². The lowest BCUT2D eigenvalue weighted by Gasteiger charge is -2.11. The summed E-state index contributed by atoms with van der Waals surface area (Å²) in [5.74, 6) is 0.383. The molecule has 0 fully saturated rings. The van der Waals surface area contributed by atoms with Gasteiger partial charge >= 0.3 is 11.9 Å². The van der Waals surface area contributed by atoms with Crippen molar-refractivity contribution in [2.45, 2.75) is 19.6 Å². The van der Waals surface area contributed by atoms with E-state index >= 15 is 0 Å². The van der Waals surface area contributed by atoms with Crippen LogP contribution < -0.4 is 10.4 Å². The highest BCUT2D eigenvalue weighted by Gasteiger charge is 2.32. The minimum absolute atomic E-state index is 0.194. The second-order valence-corrected chi connectivity index (χ2v) is 7.97. The summed E-state index contributed by atoms with van der Waals surface area (Å²) in [5, 5.41) is 9.91. The van der Waals surface area contributed by atoms with Crippen LogP contribution >= 0.6 is 0 Å². The van der Waals surface area contributed by atoms with Crippen molar-refractivity contribution >= 4 is 21.9 Å². The Labute approximate surface area is 201 Å². The van der Waals surface area contributed by atoms with E-state index in [1.807, 2.05) is 6.07 Å². The fourth-order valence-electron chi connectivity index (χ4n) is 4.16. The highest BCUT2D eigenvalue weighted by molar-refractivity contribution is 6.04. The van der Waals surface area contributed by atoms with Crippen LogP contribution in [0, 0.1) is 18.3 Å². The number of imidazole rings is 1. The van der Waals surface area contributed by atoms with Crippen LogP contribution in [0.15, 0.2) is 59.7 Å². The molecule has 0 aliphatic rings. The van der Waals surface area contributed by atoms with Gasteiger partial charge in [0.2, 0.25) is 5.88 Å². The van der Waals surface area contributed by atoms with Crippen LogP contribution in [0.4, 0.5) is 13.2 Å². The number of fused-ring (bicyclic) bond motifs is 3. The third-order valence-electron chi connectivity index (χ3n) is 5.86. The number of nitriles is 1. The maximum absolute atomic E-state index is 13.5. The molecule has 4 heterocycles. The van der Waals surface area contributed by atoms with Gasteiger partial charge in [0.1, 0.15) is 12.2 Å². The first-order valence-corrected chi connectivity index (χ1v) is 10.7. The molecule has 0 aliphatic heterocycles. The van der Waals surface area contributed by atoms with Crippen LogP contribution in [0.1, 0.15) is 11.4 Å². The molecule has 0 unspecified atom stereocenters. The number of methoxy groups -OCH3 is 1. The minimum atomic E-state index is -4.54. The van der Waals surface area contributed by atoms with Crippen LogP contribution in [0.2, 0.25) is 0 Å². The zero-order chi connectivity index (χ0) is 25.6. The van der Waals surface area contributed by atoms with Gasteiger partial charge in [0.15, 0.2) is 0 Å². The highest BCUT2D eigenvalue weighted by atomic mass is 19.4. The molecule has 0 radical (unpaired) electrons. The van der Waals surface area contributed by atoms with E-state index in [-0.39, 0.29) is 6.54 Å². The summed E-state index contributed by atoms with van der Waals surface area (Å²) in [6, 6.07) is 12.8. The Morgan fingerprint density at radius 3 is 2.47 bits per heavy atom. The molecule has 5 rings (SSSR count). The summed E-state index contributed by atoms with van der Waals surface area (Å²) in [6.07, 6.45) is -1.86. The third kappa shape index (κ3) is 3.73. The molecule has 0 atom stereocenters. The number of halogens is 3. The third-order valence-corrected chi connectivity index (χ3v) is 5.86. The monoisotopic (exact) mass is 490 g/mol. The fourth-order valence-corrected chi connectivity index (χ4v) is 4.16. The Bertz CT molecular complexity index is 1730. The second kappa shape index (κ2) is 8.49. The largest absolute Gasteiger partial charge is 0.481 e. The number of alkyl halides is 3. The summed E-state index contributed by atoms with van der Waals surface area (Å²) in [7, 11) is 1.49. The lowest BCUT2D eigenvalue weighted by atomic mass is 10.0. The van der Waals surface area contributed by atoms with Crippen molar-refractivity contribution in [3.8, 4) is 28.8 Å². The highest BCUT2D eigenvalue weighted by Crippen LogP contribution is 2.32. The summed E-state index contributed by atoms with van der Waals surface area (Å²) in [6.45, 7) is 1.54. The molecule has 5 aromatic rings. The maximum atomic E-state index is 13.5. The van der Waals surface area contributed by atoms with Gasteiger partial charge in [-0.3, -0.25) is 19.1 Å². The van der Waals surface area contributed by atoms with Crippen LogP contribution in [0.3, 0.4) is 0 Å². The molecule has 8 nitrogen and oxygen atoms in total. The van der Waals surface area contributed by atoms with Gasteiger partial charge < -0.3 is 4.74 Å². The zero-order valence-electron chi connectivity index (χ0n) is 19.0. The molecule has 0 aliphatic carbocycles. The normalized spacial score (nSPS) is 11.7. The molecule has 0 N–H and O–H groups in total. The lowest BCUT2D eigenvalue weighted by Crippen LogP contribution is -2.23. The molecular weight excluding hydrogens is 473 g/mol. The smallest absolute Gasteiger partial charge is 0.433 e. The number of ether oxygens (including phenoxy) is 1. The van der Waals surface area contributed by atoms with Crippen LogP contribution in [-0.4, -0.2) is 31.2 Å². The molecule has 36 heavy (non-hydrogen) atoms. The Morgan fingerprint density at radius 1 is 1.06 bits per heavy atom. The standard InChI is InChI=1S/C25H17F3N6O2/c1-14-19(6-8-22(32-14)36-2)34-23-17-11-15(16-4-7-21(31-12-16)25(26,27)28)3-5-18(17)30-13-20(23)33(10-9-29)24(34)35/h3-8,11-13H,10H2,1-2H3. The van der Waals surface area contributed by atoms with Crippen molar-refractivity contribution in [2.24, 2.45) is 0 Å². The Hall–Kier alpha value is -4.72. The minimum Gasteiger partial charge on any atom is -0.481 e. The van der Waals surface area contributed by atoms with Crippen molar-refractivity contribution in [3.05, 3.63) is 76.7 Å². The Balaban J connectivity index is 1.80. The number of hydrogen-bond acceptors (Lipinski definition) is 6. The summed E-state index contributed by atoms with van der Waals surface area (Å²) < 4.78 is 46.8. The van der Waals surface area contributed by atoms with Gasteiger partial charge in [-0.05, 0) is 36.8 Å².